The highest BCUT2D eigenvalue weighted by molar-refractivity contribution is 6.32. The molecule has 0 radical (unpaired) electrons. The molecule has 1 unspecified atom stereocenters. The van der Waals surface area contributed by atoms with Crippen LogP contribution in [0.2, 0.25) is 5.02 Å². The molecule has 1 fully saturated rings. The summed E-state index contributed by atoms with van der Waals surface area (Å²) in [4.78, 5) is 19.9. The van der Waals surface area contributed by atoms with Gasteiger partial charge in [-0.25, -0.2) is 9.97 Å². The average molecular weight is 391 g/mol. The predicted octanol–water partition coefficient (Wildman–Crippen LogP) is 2.52. The van der Waals surface area contributed by atoms with Crippen LogP contribution in [0, 0.1) is 0 Å². The molecule has 3 heterocycles. The van der Waals surface area contributed by atoms with Crippen molar-refractivity contribution < 1.29 is 14.6 Å². The van der Waals surface area contributed by atoms with Gasteiger partial charge in [-0.2, -0.15) is 0 Å². The first kappa shape index (κ1) is 19.5. The van der Waals surface area contributed by atoms with Crippen molar-refractivity contribution >= 4 is 23.5 Å². The van der Waals surface area contributed by atoms with Crippen LogP contribution in [0.1, 0.15) is 42.6 Å². The molecule has 0 bridgehead atoms. The van der Waals surface area contributed by atoms with E-state index in [0.29, 0.717) is 22.9 Å². The molecule has 4 rings (SSSR count). The standard InChI is InChI=1S/C14H13ClN4O.C5H10O2/c1-14(2)9-5-7(3-4-8(9)12(20)19-14)11-10(15)6-17-13(16)18-11;6-5-2-1-3-7-4-5/h3-6H,1-2H3,(H,19,20)(H2,16,17,18);5-6H,1-4H2. The number of halogens is 1. The Hall–Kier alpha value is -2.22. The van der Waals surface area contributed by atoms with Gasteiger partial charge in [0.05, 0.1) is 35.2 Å². The van der Waals surface area contributed by atoms with E-state index in [1.54, 1.807) is 6.07 Å². The first-order chi connectivity index (χ1) is 12.8. The van der Waals surface area contributed by atoms with Gasteiger partial charge >= 0.3 is 0 Å². The van der Waals surface area contributed by atoms with E-state index in [4.69, 9.17) is 27.2 Å². The number of ether oxygens (including phenoxy) is 1. The fourth-order valence-electron chi connectivity index (χ4n) is 3.13. The number of nitrogens with zero attached hydrogens (tertiary/aromatic N) is 2. The van der Waals surface area contributed by atoms with Gasteiger partial charge in [0.15, 0.2) is 0 Å². The second-order valence-corrected chi connectivity index (χ2v) is 7.54. The highest BCUT2D eigenvalue weighted by atomic mass is 35.5. The first-order valence-corrected chi connectivity index (χ1v) is 9.17. The number of carbonyl (C=O) groups excluding carboxylic acids is 1. The molecule has 7 nitrogen and oxygen atoms in total. The number of aromatic nitrogens is 2. The number of hydrogen-bond donors (Lipinski definition) is 3. The van der Waals surface area contributed by atoms with Crippen LogP contribution >= 0.6 is 11.6 Å². The number of aliphatic hydroxyl groups excluding tert-OH is 1. The van der Waals surface area contributed by atoms with Crippen LogP contribution in [-0.2, 0) is 10.3 Å². The Morgan fingerprint density at radius 2 is 2.19 bits per heavy atom. The Morgan fingerprint density at radius 1 is 1.41 bits per heavy atom. The molecule has 8 heteroatoms. The Labute approximate surface area is 162 Å². The molecule has 1 atom stereocenters. The molecule has 0 saturated carbocycles. The van der Waals surface area contributed by atoms with Crippen LogP contribution in [0.3, 0.4) is 0 Å². The molecular formula is C19H23ClN4O3. The molecule has 0 spiro atoms. The third-order valence-electron chi connectivity index (χ3n) is 4.54. The largest absolute Gasteiger partial charge is 0.391 e. The summed E-state index contributed by atoms with van der Waals surface area (Å²) in [5, 5.41) is 12.1. The number of rotatable bonds is 1. The van der Waals surface area contributed by atoms with E-state index in [1.165, 1.54) is 6.20 Å². The molecule has 0 aliphatic carbocycles. The van der Waals surface area contributed by atoms with E-state index >= 15 is 0 Å². The predicted molar refractivity (Wildman–Crippen MR) is 103 cm³/mol. The summed E-state index contributed by atoms with van der Waals surface area (Å²) in [6.07, 6.45) is 3.22. The zero-order chi connectivity index (χ0) is 19.6. The molecule has 4 N–H and O–H groups in total. The maximum Gasteiger partial charge on any atom is 0.252 e. The van der Waals surface area contributed by atoms with Crippen molar-refractivity contribution in [3.05, 3.63) is 40.5 Å². The summed E-state index contributed by atoms with van der Waals surface area (Å²) in [5.74, 6) is 0.100. The SMILES string of the molecule is CC1(C)NC(=O)c2ccc(-c3nc(N)ncc3Cl)cc21.OC1CCCOC1. The van der Waals surface area contributed by atoms with Crippen LogP contribution in [-0.4, -0.2) is 40.3 Å². The molecule has 1 aromatic carbocycles. The van der Waals surface area contributed by atoms with Crippen molar-refractivity contribution in [3.8, 4) is 11.3 Å². The molecule has 2 aliphatic heterocycles. The van der Waals surface area contributed by atoms with Gasteiger partial charge in [-0.15, -0.1) is 0 Å². The van der Waals surface area contributed by atoms with E-state index < -0.39 is 5.54 Å². The van der Waals surface area contributed by atoms with Crippen LogP contribution < -0.4 is 11.1 Å². The lowest BCUT2D eigenvalue weighted by atomic mass is 9.92. The van der Waals surface area contributed by atoms with Gasteiger partial charge in [-0.3, -0.25) is 4.79 Å². The van der Waals surface area contributed by atoms with E-state index in [0.717, 1.165) is 30.6 Å². The van der Waals surface area contributed by atoms with Crippen LogP contribution in [0.5, 0.6) is 0 Å². The third kappa shape index (κ3) is 4.37. The number of benzene rings is 1. The Kier molecular flexibility index (Phi) is 5.64. The topological polar surface area (TPSA) is 110 Å². The van der Waals surface area contributed by atoms with Crippen molar-refractivity contribution in [1.29, 1.82) is 0 Å². The Bertz CT molecular complexity index is 851. The fraction of sp³-hybridized carbons (Fsp3) is 0.421. The van der Waals surface area contributed by atoms with E-state index in [-0.39, 0.29) is 18.0 Å². The van der Waals surface area contributed by atoms with E-state index in [9.17, 15) is 4.79 Å². The number of nitrogen functional groups attached to an aromatic ring is 1. The minimum absolute atomic E-state index is 0.0650. The average Bonchev–Trinajstić information content (AvgIpc) is 2.87. The summed E-state index contributed by atoms with van der Waals surface area (Å²) in [7, 11) is 0. The molecule has 2 aromatic rings. The molecular weight excluding hydrogens is 368 g/mol. The van der Waals surface area contributed by atoms with Gasteiger partial charge in [0.1, 0.15) is 0 Å². The number of fused-ring (bicyclic) bond motifs is 1. The Morgan fingerprint density at radius 3 is 2.81 bits per heavy atom. The molecule has 2 aliphatic rings. The minimum atomic E-state index is -0.409. The van der Waals surface area contributed by atoms with Gasteiger partial charge in [-0.05, 0) is 44.4 Å². The number of nitrogens with one attached hydrogen (secondary N) is 1. The highest BCUT2D eigenvalue weighted by Crippen LogP contribution is 2.35. The molecule has 1 amide bonds. The minimum Gasteiger partial charge on any atom is -0.391 e. The van der Waals surface area contributed by atoms with Crippen molar-refractivity contribution in [2.24, 2.45) is 0 Å². The number of anilines is 1. The van der Waals surface area contributed by atoms with Crippen molar-refractivity contribution in [2.75, 3.05) is 18.9 Å². The zero-order valence-electron chi connectivity index (χ0n) is 15.3. The van der Waals surface area contributed by atoms with Crippen molar-refractivity contribution in [1.82, 2.24) is 15.3 Å². The molecule has 144 valence electrons. The maximum atomic E-state index is 11.9. The second-order valence-electron chi connectivity index (χ2n) is 7.14. The van der Waals surface area contributed by atoms with E-state index in [1.807, 2.05) is 26.0 Å². The summed E-state index contributed by atoms with van der Waals surface area (Å²) in [5.41, 5.74) is 8.18. The van der Waals surface area contributed by atoms with Crippen LogP contribution in [0.15, 0.2) is 24.4 Å². The maximum absolute atomic E-state index is 11.9. The quantitative estimate of drug-likeness (QED) is 0.690. The van der Waals surface area contributed by atoms with Gasteiger partial charge in [0.2, 0.25) is 5.95 Å². The van der Waals surface area contributed by atoms with Crippen molar-refractivity contribution in [3.63, 3.8) is 0 Å². The number of aliphatic hydroxyl groups is 1. The highest BCUT2D eigenvalue weighted by Gasteiger charge is 2.35. The number of carbonyl (C=O) groups is 1. The smallest absolute Gasteiger partial charge is 0.252 e. The second kappa shape index (κ2) is 7.80. The first-order valence-electron chi connectivity index (χ1n) is 8.79. The van der Waals surface area contributed by atoms with E-state index in [2.05, 4.69) is 15.3 Å². The lowest BCUT2D eigenvalue weighted by Crippen LogP contribution is -2.32. The van der Waals surface area contributed by atoms with Crippen molar-refractivity contribution in [2.45, 2.75) is 38.3 Å². The summed E-state index contributed by atoms with van der Waals surface area (Å²) in [6.45, 7) is 5.28. The van der Waals surface area contributed by atoms with Gasteiger partial charge in [0, 0.05) is 17.7 Å². The third-order valence-corrected chi connectivity index (χ3v) is 4.81. The van der Waals surface area contributed by atoms with Gasteiger partial charge in [0.25, 0.3) is 5.91 Å². The van der Waals surface area contributed by atoms with Crippen LogP contribution in [0.4, 0.5) is 5.95 Å². The van der Waals surface area contributed by atoms with Crippen LogP contribution in [0.25, 0.3) is 11.3 Å². The zero-order valence-corrected chi connectivity index (χ0v) is 16.1. The normalized spacial score (nSPS) is 20.3. The fourth-order valence-corrected chi connectivity index (χ4v) is 3.33. The summed E-state index contributed by atoms with van der Waals surface area (Å²) >= 11 is 6.12. The van der Waals surface area contributed by atoms with Gasteiger partial charge in [-0.1, -0.05) is 17.7 Å². The summed E-state index contributed by atoms with van der Waals surface area (Å²) in [6, 6.07) is 5.51. The Balaban J connectivity index is 0.000000253. The molecule has 1 aromatic heterocycles. The van der Waals surface area contributed by atoms with Gasteiger partial charge < -0.3 is 20.9 Å². The number of amides is 1. The molecule has 27 heavy (non-hydrogen) atoms. The molecule has 1 saturated heterocycles. The summed E-state index contributed by atoms with van der Waals surface area (Å²) < 4.78 is 4.93. The monoisotopic (exact) mass is 390 g/mol. The lowest BCUT2D eigenvalue weighted by molar-refractivity contribution is -0.00535. The number of nitrogens with two attached hydrogens (primary N) is 1. The lowest BCUT2D eigenvalue weighted by Gasteiger charge is -2.19. The number of hydrogen-bond acceptors (Lipinski definition) is 6.